The second-order valence-corrected chi connectivity index (χ2v) is 4.75. The van der Waals surface area contributed by atoms with Crippen molar-refractivity contribution in [2.24, 2.45) is 0 Å². The van der Waals surface area contributed by atoms with Crippen LogP contribution in [0.5, 0.6) is 0 Å². The molecule has 0 aliphatic rings. The van der Waals surface area contributed by atoms with Gasteiger partial charge in [-0.05, 0) is 6.92 Å². The first kappa shape index (κ1) is 13.5. The van der Waals surface area contributed by atoms with E-state index in [4.69, 9.17) is 8.83 Å². The van der Waals surface area contributed by atoms with Gasteiger partial charge in [0, 0.05) is 12.5 Å². The van der Waals surface area contributed by atoms with Gasteiger partial charge in [-0.3, -0.25) is 5.32 Å². The third-order valence-electron chi connectivity index (χ3n) is 3.08. The van der Waals surface area contributed by atoms with Gasteiger partial charge in [-0.25, -0.2) is 4.98 Å². The maximum absolute atomic E-state index is 5.78. The van der Waals surface area contributed by atoms with Crippen LogP contribution in [0.15, 0.2) is 45.4 Å². The number of hydrogen-bond acceptors (Lipinski definition) is 6. The second kappa shape index (κ2) is 5.88. The minimum Gasteiger partial charge on any atom is -0.439 e. The summed E-state index contributed by atoms with van der Waals surface area (Å²) in [6, 6.07) is 9.84. The van der Waals surface area contributed by atoms with E-state index in [0.717, 1.165) is 11.3 Å². The van der Waals surface area contributed by atoms with Gasteiger partial charge in [0.25, 0.3) is 0 Å². The molecule has 1 atom stereocenters. The minimum absolute atomic E-state index is 0.0466. The summed E-state index contributed by atoms with van der Waals surface area (Å²) in [5.41, 5.74) is 1.01. The predicted octanol–water partition coefficient (Wildman–Crippen LogP) is 2.88. The van der Waals surface area contributed by atoms with Gasteiger partial charge in [-0.2, -0.15) is 0 Å². The highest BCUT2D eigenvalue weighted by atomic mass is 16.4. The van der Waals surface area contributed by atoms with E-state index < -0.39 is 0 Å². The quantitative estimate of drug-likeness (QED) is 0.776. The lowest BCUT2D eigenvalue weighted by Crippen LogP contribution is -2.18. The lowest BCUT2D eigenvalue weighted by atomic mass is 10.2. The number of hydrogen-bond donors (Lipinski definition) is 1. The molecule has 108 valence electrons. The molecule has 2 heterocycles. The van der Waals surface area contributed by atoms with Crippen LogP contribution < -0.4 is 5.32 Å². The second-order valence-electron chi connectivity index (χ2n) is 4.75. The number of benzene rings is 1. The Labute approximate surface area is 122 Å². The molecule has 0 saturated carbocycles. The fraction of sp³-hybridized carbons (Fsp3) is 0.267. The van der Waals surface area contributed by atoms with Crippen LogP contribution in [0.4, 0.5) is 0 Å². The number of nitrogens with zero attached hydrogens (tertiary/aromatic N) is 3. The van der Waals surface area contributed by atoms with Crippen molar-refractivity contribution in [1.29, 1.82) is 0 Å². The molecular formula is C15H16N4O2. The zero-order chi connectivity index (χ0) is 14.7. The Kier molecular flexibility index (Phi) is 3.79. The summed E-state index contributed by atoms with van der Waals surface area (Å²) in [4.78, 5) is 4.31. The molecule has 1 N–H and O–H groups in total. The molecule has 2 aromatic heterocycles. The Morgan fingerprint density at radius 1 is 1.14 bits per heavy atom. The molecule has 0 spiro atoms. The van der Waals surface area contributed by atoms with Crippen LogP contribution in [-0.2, 0) is 6.54 Å². The normalized spacial score (nSPS) is 12.5. The zero-order valence-corrected chi connectivity index (χ0v) is 11.9. The highest BCUT2D eigenvalue weighted by molar-refractivity contribution is 5.55. The summed E-state index contributed by atoms with van der Waals surface area (Å²) in [7, 11) is 0. The maximum atomic E-state index is 5.78. The smallest absolute Gasteiger partial charge is 0.230 e. The summed E-state index contributed by atoms with van der Waals surface area (Å²) >= 11 is 0. The van der Waals surface area contributed by atoms with Gasteiger partial charge in [0.2, 0.25) is 17.7 Å². The first-order chi connectivity index (χ1) is 10.2. The van der Waals surface area contributed by atoms with Gasteiger partial charge in [0.15, 0.2) is 5.76 Å². The van der Waals surface area contributed by atoms with E-state index in [0.29, 0.717) is 24.2 Å². The van der Waals surface area contributed by atoms with Gasteiger partial charge in [-0.1, -0.05) is 30.3 Å². The molecule has 0 unspecified atom stereocenters. The molecule has 3 aromatic rings. The Morgan fingerprint density at radius 3 is 2.67 bits per heavy atom. The number of rotatable bonds is 5. The van der Waals surface area contributed by atoms with Crippen molar-refractivity contribution in [1.82, 2.24) is 20.5 Å². The summed E-state index contributed by atoms with van der Waals surface area (Å²) in [5.74, 6) is 2.49. The van der Waals surface area contributed by atoms with Crippen molar-refractivity contribution in [3.8, 4) is 11.3 Å². The Morgan fingerprint density at radius 2 is 1.95 bits per heavy atom. The zero-order valence-electron chi connectivity index (χ0n) is 11.9. The Hall–Kier alpha value is -2.47. The topological polar surface area (TPSA) is 77.0 Å². The highest BCUT2D eigenvalue weighted by Crippen LogP contribution is 2.22. The van der Waals surface area contributed by atoms with E-state index in [2.05, 4.69) is 20.5 Å². The lowest BCUT2D eigenvalue weighted by Gasteiger charge is -2.07. The monoisotopic (exact) mass is 284 g/mol. The average Bonchev–Trinajstić information content (AvgIpc) is 3.15. The number of nitrogens with one attached hydrogen (secondary N) is 1. The fourth-order valence-corrected chi connectivity index (χ4v) is 1.96. The van der Waals surface area contributed by atoms with Crippen molar-refractivity contribution in [3.63, 3.8) is 0 Å². The fourth-order valence-electron chi connectivity index (χ4n) is 1.96. The molecule has 0 saturated heterocycles. The van der Waals surface area contributed by atoms with Crippen LogP contribution >= 0.6 is 0 Å². The van der Waals surface area contributed by atoms with E-state index in [-0.39, 0.29) is 6.04 Å². The van der Waals surface area contributed by atoms with Crippen LogP contribution in [0.25, 0.3) is 11.3 Å². The molecule has 0 aliphatic carbocycles. The number of aryl methyl sites for hydroxylation is 1. The van der Waals surface area contributed by atoms with E-state index in [9.17, 15) is 0 Å². The van der Waals surface area contributed by atoms with Gasteiger partial charge in [0.1, 0.15) is 0 Å². The minimum atomic E-state index is -0.0466. The first-order valence-electron chi connectivity index (χ1n) is 6.76. The SMILES string of the molecule is Cc1nnc(CN[C@@H](C)c2ncc(-c3ccccc3)o2)o1. The summed E-state index contributed by atoms with van der Waals surface area (Å²) in [6.07, 6.45) is 1.74. The van der Waals surface area contributed by atoms with Crippen LogP contribution in [0, 0.1) is 6.92 Å². The molecule has 0 amide bonds. The van der Waals surface area contributed by atoms with E-state index in [1.54, 1.807) is 13.1 Å². The molecule has 3 rings (SSSR count). The van der Waals surface area contributed by atoms with Crippen LogP contribution in [-0.4, -0.2) is 15.2 Å². The van der Waals surface area contributed by atoms with Gasteiger partial charge < -0.3 is 8.83 Å². The molecule has 0 bridgehead atoms. The molecule has 6 nitrogen and oxygen atoms in total. The lowest BCUT2D eigenvalue weighted by molar-refractivity contribution is 0.389. The largest absolute Gasteiger partial charge is 0.439 e. The molecular weight excluding hydrogens is 268 g/mol. The molecule has 6 heteroatoms. The first-order valence-corrected chi connectivity index (χ1v) is 6.76. The summed E-state index contributed by atoms with van der Waals surface area (Å²) in [6.45, 7) is 4.22. The van der Waals surface area contributed by atoms with Crippen LogP contribution in [0.1, 0.15) is 30.6 Å². The van der Waals surface area contributed by atoms with Crippen molar-refractivity contribution in [3.05, 3.63) is 54.2 Å². The third-order valence-corrected chi connectivity index (χ3v) is 3.08. The van der Waals surface area contributed by atoms with E-state index in [1.165, 1.54) is 0 Å². The van der Waals surface area contributed by atoms with Crippen LogP contribution in [0.2, 0.25) is 0 Å². The Bertz CT molecular complexity index is 705. The summed E-state index contributed by atoms with van der Waals surface area (Å²) in [5, 5.41) is 11.0. The number of aromatic nitrogens is 3. The predicted molar refractivity (Wildman–Crippen MR) is 76.2 cm³/mol. The van der Waals surface area contributed by atoms with Gasteiger partial charge >= 0.3 is 0 Å². The molecule has 0 radical (unpaired) electrons. The molecule has 0 aliphatic heterocycles. The summed E-state index contributed by atoms with van der Waals surface area (Å²) < 4.78 is 11.1. The Balaban J connectivity index is 1.65. The average molecular weight is 284 g/mol. The van der Waals surface area contributed by atoms with E-state index in [1.807, 2.05) is 37.3 Å². The standard InChI is InChI=1S/C15H16N4O2/c1-10(16-9-14-19-18-11(2)20-14)15-17-8-13(21-15)12-6-4-3-5-7-12/h3-8,10,16H,9H2,1-2H3/t10-/m0/s1. The highest BCUT2D eigenvalue weighted by Gasteiger charge is 2.14. The van der Waals surface area contributed by atoms with E-state index >= 15 is 0 Å². The van der Waals surface area contributed by atoms with Crippen LogP contribution in [0.3, 0.4) is 0 Å². The molecule has 0 fully saturated rings. The number of oxazole rings is 1. The molecule has 21 heavy (non-hydrogen) atoms. The van der Waals surface area contributed by atoms with Crippen molar-refractivity contribution in [2.45, 2.75) is 26.4 Å². The molecule has 1 aromatic carbocycles. The maximum Gasteiger partial charge on any atom is 0.230 e. The third kappa shape index (κ3) is 3.17. The van der Waals surface area contributed by atoms with Gasteiger partial charge in [0.05, 0.1) is 18.8 Å². The van der Waals surface area contributed by atoms with Crippen molar-refractivity contribution < 1.29 is 8.83 Å². The van der Waals surface area contributed by atoms with Crippen molar-refractivity contribution >= 4 is 0 Å². The van der Waals surface area contributed by atoms with Crippen molar-refractivity contribution in [2.75, 3.05) is 0 Å². The van der Waals surface area contributed by atoms with Gasteiger partial charge in [-0.15, -0.1) is 10.2 Å².